The standard InChI is InChI=1S/C68H100F2N14O8/c1-17-83(47(11)12)65(87)53-29-49(69)19-21-57(53)91-63-61(71-41-73-75-63)79-27-25-67(35-79)37-81(38-67)55(43(3)4)31-51(33-77(15)45(7)8)89-59(85)23-24-60(86)90-52(34-78(16)46(9)10)32-56(44(5)6)82-39-68(40-82)26-28-80(36-68)62-64(76-74-42-72-62)92-58-22-20-50(70)30-54(58)66(88)84(18-2)48(13)14/h19-24,29-30,41-48,51-52,55-56H,17-18,25-28,31-40H2,1-16H3/b24-23+/t51-,52-,55-,56-/m1/s1. The molecule has 4 aliphatic heterocycles. The Bertz CT molecular complexity index is 2990. The van der Waals surface area contributed by atoms with E-state index >= 15 is 0 Å². The maximum Gasteiger partial charge on any atom is 0.331 e. The predicted octanol–water partition coefficient (Wildman–Crippen LogP) is 9.27. The van der Waals surface area contributed by atoms with Gasteiger partial charge in [-0.1, -0.05) is 27.7 Å². The summed E-state index contributed by atoms with van der Waals surface area (Å²) in [6.45, 7) is 36.5. The Morgan fingerprint density at radius 1 is 0.554 bits per heavy atom. The van der Waals surface area contributed by atoms with Gasteiger partial charge >= 0.3 is 11.9 Å². The number of carbonyl (C=O) groups is 4. The van der Waals surface area contributed by atoms with E-state index in [1.807, 2.05) is 55.6 Å². The van der Waals surface area contributed by atoms with E-state index in [-0.39, 0.29) is 105 Å². The highest BCUT2D eigenvalue weighted by molar-refractivity contribution is 5.98. The number of amides is 2. The van der Waals surface area contributed by atoms with Crippen molar-refractivity contribution >= 4 is 35.4 Å². The number of esters is 2. The summed E-state index contributed by atoms with van der Waals surface area (Å²) in [5, 5.41) is 16.6. The van der Waals surface area contributed by atoms with Crippen molar-refractivity contribution in [2.45, 2.75) is 171 Å². The minimum Gasteiger partial charge on any atom is -0.458 e. The number of ether oxygens (including phenoxy) is 4. The summed E-state index contributed by atoms with van der Waals surface area (Å²) in [4.78, 5) is 81.2. The largest absolute Gasteiger partial charge is 0.458 e. The summed E-state index contributed by atoms with van der Waals surface area (Å²) in [5.41, 5.74) is 0.0930. The van der Waals surface area contributed by atoms with E-state index in [1.54, 1.807) is 9.80 Å². The summed E-state index contributed by atoms with van der Waals surface area (Å²) in [5.74, 6) is -0.977. The molecule has 92 heavy (non-hydrogen) atoms. The van der Waals surface area contributed by atoms with Crippen LogP contribution in [-0.4, -0.2) is 225 Å². The summed E-state index contributed by atoms with van der Waals surface area (Å²) in [6, 6.07) is 8.10. The number of benzene rings is 2. The molecular weight excluding hydrogens is 1180 g/mol. The molecular formula is C68H100F2N14O8. The molecule has 504 valence electrons. The highest BCUT2D eigenvalue weighted by Crippen LogP contribution is 2.47. The number of likely N-dealkylation sites (N-methyl/N-ethyl adjacent to an activating group) is 2. The average Bonchev–Trinajstić information content (AvgIpc) is 1.56. The minimum atomic E-state index is -0.613. The van der Waals surface area contributed by atoms with Crippen molar-refractivity contribution in [2.24, 2.45) is 22.7 Å². The molecule has 0 aliphatic carbocycles. The van der Waals surface area contributed by atoms with Crippen LogP contribution in [0, 0.1) is 34.3 Å². The molecule has 4 saturated heterocycles. The highest BCUT2D eigenvalue weighted by Gasteiger charge is 2.52. The van der Waals surface area contributed by atoms with Crippen molar-refractivity contribution in [2.75, 3.05) is 102 Å². The Kier molecular flexibility index (Phi) is 23.7. The van der Waals surface area contributed by atoms with Crippen molar-refractivity contribution in [3.05, 3.63) is 84.0 Å². The first-order valence-corrected chi connectivity index (χ1v) is 33.0. The number of hydrogen-bond donors (Lipinski definition) is 0. The van der Waals surface area contributed by atoms with Gasteiger partial charge in [0.25, 0.3) is 23.6 Å². The fourth-order valence-electron chi connectivity index (χ4n) is 13.6. The molecule has 2 amide bonds. The monoisotopic (exact) mass is 1280 g/mol. The molecule has 0 radical (unpaired) electrons. The van der Waals surface area contributed by atoms with Crippen molar-refractivity contribution < 1.29 is 46.9 Å². The van der Waals surface area contributed by atoms with Gasteiger partial charge in [-0.25, -0.2) is 28.3 Å². The van der Waals surface area contributed by atoms with Crippen LogP contribution in [0.2, 0.25) is 0 Å². The number of anilines is 2. The van der Waals surface area contributed by atoms with Gasteiger partial charge in [-0.15, -0.1) is 20.4 Å². The van der Waals surface area contributed by atoms with Crippen LogP contribution in [-0.2, 0) is 19.1 Å². The van der Waals surface area contributed by atoms with Gasteiger partial charge in [0.1, 0.15) is 48.0 Å². The quantitative estimate of drug-likeness (QED) is 0.0352. The van der Waals surface area contributed by atoms with Crippen molar-refractivity contribution in [3.63, 3.8) is 0 Å². The molecule has 0 unspecified atom stereocenters. The zero-order chi connectivity index (χ0) is 66.9. The molecule has 2 aromatic heterocycles. The second kappa shape index (κ2) is 30.8. The zero-order valence-electron chi connectivity index (χ0n) is 57.1. The van der Waals surface area contributed by atoms with E-state index in [0.717, 1.165) is 39.0 Å². The molecule has 4 atom stereocenters. The topological polar surface area (TPSA) is 208 Å². The molecule has 4 aliphatic rings. The number of halogens is 2. The second-order valence-corrected chi connectivity index (χ2v) is 27.8. The van der Waals surface area contributed by atoms with E-state index in [0.29, 0.717) is 76.8 Å². The Morgan fingerprint density at radius 2 is 0.924 bits per heavy atom. The summed E-state index contributed by atoms with van der Waals surface area (Å²) in [6.07, 6.45) is 7.15. The lowest BCUT2D eigenvalue weighted by Crippen LogP contribution is -2.62. The van der Waals surface area contributed by atoms with Crippen LogP contribution in [0.3, 0.4) is 0 Å². The number of aromatic nitrogens is 6. The Hall–Kier alpha value is -7.02. The van der Waals surface area contributed by atoms with E-state index in [1.165, 1.54) is 61.2 Å². The van der Waals surface area contributed by atoms with Crippen LogP contribution in [0.15, 0.2) is 61.2 Å². The van der Waals surface area contributed by atoms with E-state index < -0.39 is 35.8 Å². The lowest BCUT2D eigenvalue weighted by molar-refractivity contribution is -0.149. The first-order chi connectivity index (χ1) is 43.6. The van der Waals surface area contributed by atoms with Crippen LogP contribution in [0.5, 0.6) is 23.3 Å². The second-order valence-electron chi connectivity index (χ2n) is 27.8. The molecule has 8 rings (SSSR count). The Balaban J connectivity index is 0.878. The molecule has 6 heterocycles. The Morgan fingerprint density at radius 3 is 1.25 bits per heavy atom. The van der Waals surface area contributed by atoms with Gasteiger partial charge in [0, 0.05) is 151 Å². The lowest BCUT2D eigenvalue weighted by atomic mass is 9.76. The number of rotatable bonds is 30. The third kappa shape index (κ3) is 17.2. The van der Waals surface area contributed by atoms with Gasteiger partial charge in [0.15, 0.2) is 11.6 Å². The average molecular weight is 1280 g/mol. The smallest absolute Gasteiger partial charge is 0.331 e. The fraction of sp³-hybridized carbons (Fsp3) is 0.647. The first kappa shape index (κ1) is 70.8. The van der Waals surface area contributed by atoms with Gasteiger partial charge in [-0.2, -0.15) is 0 Å². The molecule has 0 bridgehead atoms. The normalized spacial score (nSPS) is 17.8. The summed E-state index contributed by atoms with van der Waals surface area (Å²) < 4.78 is 54.4. The van der Waals surface area contributed by atoms with Gasteiger partial charge in [0.2, 0.25) is 0 Å². The van der Waals surface area contributed by atoms with Gasteiger partial charge in [-0.05, 0) is 144 Å². The summed E-state index contributed by atoms with van der Waals surface area (Å²) in [7, 11) is 4.04. The van der Waals surface area contributed by atoms with Crippen molar-refractivity contribution in [1.82, 2.24) is 59.8 Å². The molecule has 4 aromatic rings. The molecule has 4 fully saturated rings. The number of likely N-dealkylation sites (tertiary alicyclic amines) is 2. The van der Waals surface area contributed by atoms with Crippen LogP contribution in [0.4, 0.5) is 20.4 Å². The summed E-state index contributed by atoms with van der Waals surface area (Å²) >= 11 is 0. The van der Waals surface area contributed by atoms with Crippen LogP contribution < -0.4 is 19.3 Å². The van der Waals surface area contributed by atoms with Crippen LogP contribution >= 0.6 is 0 Å². The molecule has 22 nitrogen and oxygen atoms in total. The Labute approximate surface area is 543 Å². The van der Waals surface area contributed by atoms with Gasteiger partial charge in [-0.3, -0.25) is 19.4 Å². The lowest BCUT2D eigenvalue weighted by Gasteiger charge is -2.53. The zero-order valence-corrected chi connectivity index (χ0v) is 57.1. The number of nitrogens with zero attached hydrogens (tertiary/aromatic N) is 14. The van der Waals surface area contributed by atoms with Gasteiger partial charge in [0.05, 0.1) is 11.1 Å². The third-order valence-electron chi connectivity index (χ3n) is 19.1. The first-order valence-electron chi connectivity index (χ1n) is 33.0. The predicted molar refractivity (Wildman–Crippen MR) is 349 cm³/mol. The maximum atomic E-state index is 14.6. The molecule has 2 spiro atoms. The molecule has 2 aromatic carbocycles. The highest BCUT2D eigenvalue weighted by atomic mass is 19.1. The van der Waals surface area contributed by atoms with E-state index in [4.69, 9.17) is 18.9 Å². The molecule has 24 heteroatoms. The maximum absolute atomic E-state index is 14.6. The van der Waals surface area contributed by atoms with E-state index in [9.17, 15) is 28.0 Å². The number of hydrogen-bond acceptors (Lipinski definition) is 20. The number of carbonyl (C=O) groups excluding carboxylic acids is 4. The van der Waals surface area contributed by atoms with Crippen LogP contribution in [0.25, 0.3) is 0 Å². The van der Waals surface area contributed by atoms with Crippen molar-refractivity contribution in [3.8, 4) is 23.3 Å². The minimum absolute atomic E-state index is 0.0457. The van der Waals surface area contributed by atoms with Crippen molar-refractivity contribution in [1.29, 1.82) is 0 Å². The molecule has 0 N–H and O–H groups in total. The van der Waals surface area contributed by atoms with Crippen LogP contribution in [0.1, 0.15) is 143 Å². The molecule has 0 saturated carbocycles. The van der Waals surface area contributed by atoms with Gasteiger partial charge < -0.3 is 48.3 Å². The fourth-order valence-corrected chi connectivity index (χ4v) is 13.6. The third-order valence-corrected chi connectivity index (χ3v) is 19.1. The van der Waals surface area contributed by atoms with E-state index in [2.05, 4.69) is 115 Å². The SMILES string of the molecule is CCN(C(=O)c1cc(F)ccc1Oc1nncnc1N1CCC2(C1)CN([C@H](C[C@H](CN(C)C(C)C)OC(=O)/C=C/C(=O)O[C@H](C[C@H](C(C)C)N1CC3(CCN(c4ncnnc4Oc4ccc(F)cc4C(=O)N(CC)C(C)C)C3)C1)CN(C)C(C)C)C(C)C)C2)C(C)C.